The number of esters is 1. The number of hydrogen-bond donors (Lipinski definition) is 1. The smallest absolute Gasteiger partial charge is 0.348 e. The van der Waals surface area contributed by atoms with Crippen molar-refractivity contribution in [2.75, 3.05) is 6.61 Å². The molecule has 0 atom stereocenters. The molecule has 0 fully saturated rings. The van der Waals surface area contributed by atoms with Crippen LogP contribution in [-0.2, 0) is 11.2 Å². The van der Waals surface area contributed by atoms with E-state index < -0.39 is 5.97 Å². The topological polar surface area (TPSA) is 72.0 Å². The molecule has 0 bridgehead atoms. The third kappa shape index (κ3) is 3.20. The first-order chi connectivity index (χ1) is 11.5. The first kappa shape index (κ1) is 16.7. The van der Waals surface area contributed by atoms with Crippen LogP contribution in [0.5, 0.6) is 0 Å². The van der Waals surface area contributed by atoms with Crippen LogP contribution in [0.25, 0.3) is 10.2 Å². The Hall–Kier alpha value is -2.18. The minimum Gasteiger partial charge on any atom is -0.462 e. The quantitative estimate of drug-likeness (QED) is 0.718. The molecule has 3 rings (SSSR count). The summed E-state index contributed by atoms with van der Waals surface area (Å²) in [5, 5.41) is 1.07. The summed E-state index contributed by atoms with van der Waals surface area (Å²) in [4.78, 5) is 32.6. The summed E-state index contributed by atoms with van der Waals surface area (Å²) in [5.41, 5.74) is 1.31. The van der Waals surface area contributed by atoms with E-state index in [2.05, 4.69) is 9.97 Å². The van der Waals surface area contributed by atoms with Gasteiger partial charge in [-0.2, -0.15) is 0 Å². The van der Waals surface area contributed by atoms with E-state index in [9.17, 15) is 9.59 Å². The molecule has 0 saturated heterocycles. The Balaban J connectivity index is 2.04. The maximum Gasteiger partial charge on any atom is 0.348 e. The van der Waals surface area contributed by atoms with Crippen LogP contribution in [0.15, 0.2) is 29.1 Å². The predicted molar refractivity (Wildman–Crippen MR) is 95.2 cm³/mol. The number of carbonyl (C=O) groups excluding carboxylic acids is 1. The second-order valence-corrected chi connectivity index (χ2v) is 6.71. The maximum atomic E-state index is 12.4. The number of aryl methyl sites for hydroxylation is 1. The number of carbonyl (C=O) groups is 1. The van der Waals surface area contributed by atoms with Crippen molar-refractivity contribution in [3.05, 3.63) is 61.5 Å². The van der Waals surface area contributed by atoms with Gasteiger partial charge in [-0.3, -0.25) is 4.79 Å². The number of nitrogens with one attached hydrogen (secondary N) is 1. The van der Waals surface area contributed by atoms with Crippen molar-refractivity contribution < 1.29 is 9.53 Å². The van der Waals surface area contributed by atoms with Gasteiger partial charge in [0.05, 0.1) is 12.0 Å². The van der Waals surface area contributed by atoms with Crippen molar-refractivity contribution in [1.82, 2.24) is 9.97 Å². The van der Waals surface area contributed by atoms with Crippen LogP contribution >= 0.6 is 22.9 Å². The number of aromatic nitrogens is 2. The molecule has 5 nitrogen and oxygen atoms in total. The summed E-state index contributed by atoms with van der Waals surface area (Å²) in [5.74, 6) is 0.111. The number of H-pyrrole nitrogens is 1. The van der Waals surface area contributed by atoms with Crippen molar-refractivity contribution in [1.29, 1.82) is 0 Å². The first-order valence-corrected chi connectivity index (χ1v) is 8.63. The fraction of sp³-hybridized carbons (Fsp3) is 0.235. The molecule has 1 N–H and O–H groups in total. The fourth-order valence-corrected chi connectivity index (χ4v) is 3.81. The summed E-state index contributed by atoms with van der Waals surface area (Å²) < 4.78 is 5.03. The average Bonchev–Trinajstić information content (AvgIpc) is 2.85. The van der Waals surface area contributed by atoms with Gasteiger partial charge in [0.2, 0.25) is 0 Å². The number of hydrogen-bond acceptors (Lipinski definition) is 5. The average molecular weight is 363 g/mol. The van der Waals surface area contributed by atoms with Gasteiger partial charge in [0, 0.05) is 11.4 Å². The van der Waals surface area contributed by atoms with Gasteiger partial charge >= 0.3 is 5.97 Å². The van der Waals surface area contributed by atoms with Crippen LogP contribution in [-0.4, -0.2) is 22.5 Å². The molecule has 2 heterocycles. The van der Waals surface area contributed by atoms with Gasteiger partial charge in [-0.15, -0.1) is 11.3 Å². The molecule has 0 aliphatic heterocycles. The van der Waals surface area contributed by atoms with Crippen LogP contribution in [0.2, 0.25) is 5.02 Å². The Morgan fingerprint density at radius 1 is 1.42 bits per heavy atom. The second-order valence-electron chi connectivity index (χ2n) is 5.28. The lowest BCUT2D eigenvalue weighted by Gasteiger charge is -2.02. The highest BCUT2D eigenvalue weighted by Gasteiger charge is 2.20. The zero-order chi connectivity index (χ0) is 17.3. The van der Waals surface area contributed by atoms with Crippen LogP contribution in [0.1, 0.15) is 33.5 Å². The number of ether oxygens (including phenoxy) is 1. The normalized spacial score (nSPS) is 11.0. The van der Waals surface area contributed by atoms with Crippen LogP contribution in [0, 0.1) is 6.92 Å². The standard InChI is InChI=1S/C17H15ClN2O3S/c1-3-23-17(22)14-9(2)13-15(21)19-12(20-16(13)24-14)8-10-5-4-6-11(18)7-10/h4-7H,3,8H2,1-2H3,(H,19,20,21). The molecule has 24 heavy (non-hydrogen) atoms. The van der Waals surface area contributed by atoms with E-state index in [0.29, 0.717) is 37.9 Å². The third-order valence-corrected chi connectivity index (χ3v) is 4.97. The van der Waals surface area contributed by atoms with E-state index in [4.69, 9.17) is 16.3 Å². The van der Waals surface area contributed by atoms with E-state index >= 15 is 0 Å². The predicted octanol–water partition coefficient (Wildman–Crippen LogP) is 3.71. The highest BCUT2D eigenvalue weighted by molar-refractivity contribution is 7.20. The maximum absolute atomic E-state index is 12.4. The van der Waals surface area contributed by atoms with E-state index in [0.717, 1.165) is 5.56 Å². The van der Waals surface area contributed by atoms with Crippen LogP contribution in [0.3, 0.4) is 0 Å². The Bertz CT molecular complexity index is 978. The number of rotatable bonds is 4. The van der Waals surface area contributed by atoms with Gasteiger partial charge in [-0.05, 0) is 37.1 Å². The molecule has 0 unspecified atom stereocenters. The number of thiophene rings is 1. The van der Waals surface area contributed by atoms with Gasteiger partial charge in [0.1, 0.15) is 15.5 Å². The fourth-order valence-electron chi connectivity index (χ4n) is 2.50. The molecule has 0 aliphatic carbocycles. The third-order valence-electron chi connectivity index (χ3n) is 3.57. The molecule has 0 aliphatic rings. The summed E-state index contributed by atoms with van der Waals surface area (Å²) in [6.45, 7) is 3.77. The van der Waals surface area contributed by atoms with Crippen molar-refractivity contribution >= 4 is 39.1 Å². The van der Waals surface area contributed by atoms with Crippen molar-refractivity contribution in [3.8, 4) is 0 Å². The van der Waals surface area contributed by atoms with Gasteiger partial charge in [0.15, 0.2) is 0 Å². The molecular formula is C17H15ClN2O3S. The molecule has 0 amide bonds. The molecule has 7 heteroatoms. The summed E-state index contributed by atoms with van der Waals surface area (Å²) in [6, 6.07) is 7.39. The largest absolute Gasteiger partial charge is 0.462 e. The zero-order valence-corrected chi connectivity index (χ0v) is 14.8. The lowest BCUT2D eigenvalue weighted by atomic mass is 10.1. The molecule has 3 aromatic rings. The number of aromatic amines is 1. The van der Waals surface area contributed by atoms with Crippen molar-refractivity contribution in [2.24, 2.45) is 0 Å². The number of nitrogens with zero attached hydrogens (tertiary/aromatic N) is 1. The zero-order valence-electron chi connectivity index (χ0n) is 13.2. The van der Waals surface area contributed by atoms with Gasteiger partial charge in [0.25, 0.3) is 5.56 Å². The lowest BCUT2D eigenvalue weighted by Crippen LogP contribution is -2.12. The van der Waals surface area contributed by atoms with Crippen molar-refractivity contribution in [2.45, 2.75) is 20.3 Å². The number of benzene rings is 1. The first-order valence-electron chi connectivity index (χ1n) is 7.43. The van der Waals surface area contributed by atoms with E-state index in [1.165, 1.54) is 11.3 Å². The minimum atomic E-state index is -0.422. The van der Waals surface area contributed by atoms with Gasteiger partial charge in [-0.1, -0.05) is 23.7 Å². The molecule has 2 aromatic heterocycles. The van der Waals surface area contributed by atoms with Crippen molar-refractivity contribution in [3.63, 3.8) is 0 Å². The highest BCUT2D eigenvalue weighted by atomic mass is 35.5. The molecule has 0 saturated carbocycles. The molecule has 0 spiro atoms. The summed E-state index contributed by atoms with van der Waals surface area (Å²) >= 11 is 7.17. The van der Waals surface area contributed by atoms with Gasteiger partial charge in [-0.25, -0.2) is 9.78 Å². The Morgan fingerprint density at radius 2 is 2.21 bits per heavy atom. The monoisotopic (exact) mass is 362 g/mol. The molecule has 0 radical (unpaired) electrons. The molecule has 124 valence electrons. The number of fused-ring (bicyclic) bond motifs is 1. The van der Waals surface area contributed by atoms with Gasteiger partial charge < -0.3 is 9.72 Å². The van der Waals surface area contributed by atoms with E-state index in [-0.39, 0.29) is 12.2 Å². The Labute approximate surface area is 147 Å². The summed E-state index contributed by atoms with van der Waals surface area (Å²) in [7, 11) is 0. The lowest BCUT2D eigenvalue weighted by molar-refractivity contribution is 0.0531. The second kappa shape index (κ2) is 6.75. The Morgan fingerprint density at radius 3 is 2.92 bits per heavy atom. The summed E-state index contributed by atoms with van der Waals surface area (Å²) in [6.07, 6.45) is 0.456. The number of halogens is 1. The molecular weight excluding hydrogens is 348 g/mol. The van der Waals surface area contributed by atoms with Crippen LogP contribution in [0.4, 0.5) is 0 Å². The Kier molecular flexibility index (Phi) is 4.69. The van der Waals surface area contributed by atoms with E-state index in [1.807, 2.05) is 18.2 Å². The van der Waals surface area contributed by atoms with E-state index in [1.54, 1.807) is 19.9 Å². The molecule has 1 aromatic carbocycles. The minimum absolute atomic E-state index is 0.249. The highest BCUT2D eigenvalue weighted by Crippen LogP contribution is 2.28. The van der Waals surface area contributed by atoms with Crippen LogP contribution < -0.4 is 5.56 Å². The SMILES string of the molecule is CCOC(=O)c1sc2nc(Cc3cccc(Cl)c3)[nH]c(=O)c2c1C.